The van der Waals surface area contributed by atoms with Crippen LogP contribution in [0.15, 0.2) is 109 Å². The van der Waals surface area contributed by atoms with Gasteiger partial charge in [0.2, 0.25) is 0 Å². The molecule has 0 N–H and O–H groups in total. The van der Waals surface area contributed by atoms with Gasteiger partial charge in [0.05, 0.1) is 0 Å². The van der Waals surface area contributed by atoms with Crippen molar-refractivity contribution in [1.29, 1.82) is 0 Å². The number of carbonyl (C=O) groups excluding carboxylic acids is 3. The number of carbonyl (C=O) groups is 3. The Hall–Kier alpha value is -3.93. The Kier molecular flexibility index (Phi) is 50.5. The molecule has 0 aromatic carbocycles. The second kappa shape index (κ2) is 53.7. The fourth-order valence-corrected chi connectivity index (χ4v) is 7.05. The molecule has 374 valence electrons. The predicted octanol–water partition coefficient (Wildman–Crippen LogP) is 17.9. The molecule has 66 heavy (non-hydrogen) atoms. The van der Waals surface area contributed by atoms with Gasteiger partial charge in [0.25, 0.3) is 0 Å². The van der Waals surface area contributed by atoms with Crippen molar-refractivity contribution in [2.24, 2.45) is 0 Å². The van der Waals surface area contributed by atoms with E-state index in [2.05, 4.69) is 130 Å². The minimum atomic E-state index is -0.799. The van der Waals surface area contributed by atoms with Crippen molar-refractivity contribution in [1.82, 2.24) is 0 Å². The largest absolute Gasteiger partial charge is 0.462 e. The fourth-order valence-electron chi connectivity index (χ4n) is 7.05. The molecule has 0 saturated heterocycles. The van der Waals surface area contributed by atoms with Crippen molar-refractivity contribution in [3.63, 3.8) is 0 Å². The van der Waals surface area contributed by atoms with E-state index in [-0.39, 0.29) is 31.1 Å². The zero-order valence-corrected chi connectivity index (χ0v) is 42.7. The second-order valence-corrected chi connectivity index (χ2v) is 17.4. The lowest BCUT2D eigenvalue weighted by Crippen LogP contribution is -2.30. The van der Waals surface area contributed by atoms with Crippen LogP contribution in [-0.4, -0.2) is 37.2 Å². The van der Waals surface area contributed by atoms with Crippen LogP contribution < -0.4 is 0 Å². The van der Waals surface area contributed by atoms with Crippen LogP contribution in [0.5, 0.6) is 0 Å². The number of allylic oxidation sites excluding steroid dienone is 18. The number of ether oxygens (including phenoxy) is 3. The van der Waals surface area contributed by atoms with Crippen LogP contribution in [0.3, 0.4) is 0 Å². The van der Waals surface area contributed by atoms with E-state index in [9.17, 15) is 14.4 Å². The third-order valence-corrected chi connectivity index (χ3v) is 11.0. The minimum absolute atomic E-state index is 0.0949. The maximum Gasteiger partial charge on any atom is 0.306 e. The van der Waals surface area contributed by atoms with Gasteiger partial charge in [0.1, 0.15) is 13.2 Å². The molecule has 0 aliphatic rings. The molecule has 0 spiro atoms. The van der Waals surface area contributed by atoms with Crippen molar-refractivity contribution in [2.75, 3.05) is 13.2 Å². The van der Waals surface area contributed by atoms with Crippen LogP contribution in [0.1, 0.15) is 233 Å². The average molecular weight is 915 g/mol. The SMILES string of the molecule is CC/C=C\C/C=C\C/C=C\C/C=C\C/C=C\CCCCCCCC(=O)OCC(COC(=O)CCCCCCCCCCCC)OC(=O)CCCCCC/C=C\C/C=C\C/C=C\C/C=C\CC. The molecule has 0 aromatic heterocycles. The Morgan fingerprint density at radius 3 is 0.924 bits per heavy atom. The number of unbranched alkanes of at least 4 members (excludes halogenated alkanes) is 18. The van der Waals surface area contributed by atoms with Crippen LogP contribution in [0.4, 0.5) is 0 Å². The molecule has 0 bridgehead atoms. The average Bonchev–Trinajstić information content (AvgIpc) is 3.31. The lowest BCUT2D eigenvalue weighted by Gasteiger charge is -2.18. The van der Waals surface area contributed by atoms with E-state index in [1.807, 2.05) is 0 Å². The summed E-state index contributed by atoms with van der Waals surface area (Å²) in [6.45, 7) is 6.35. The van der Waals surface area contributed by atoms with Gasteiger partial charge in [-0.25, -0.2) is 0 Å². The standard InChI is InChI=1S/C60H98O6/c1-4-7-10-13-16-19-22-24-26-28-29-30-31-33-34-36-38-41-44-47-50-53-59(62)65-56-57(55-64-58(61)52-49-46-43-40-21-18-15-12-9-6-3)66-60(63)54-51-48-45-42-39-37-35-32-27-25-23-20-17-14-11-8-5-2/h7-8,10-11,16-17,19-20,24-27,29-30,33-35,37,57H,4-6,9,12-15,18,21-23,28,31-32,36,38-56H2,1-3H3/b10-7-,11-8-,19-16-,20-17-,26-24-,27-25-,30-29-,34-33-,37-35-. The van der Waals surface area contributed by atoms with Crippen LogP contribution >= 0.6 is 0 Å². The number of rotatable bonds is 47. The molecule has 1 unspecified atom stereocenters. The smallest absolute Gasteiger partial charge is 0.306 e. The zero-order valence-electron chi connectivity index (χ0n) is 42.7. The molecule has 0 heterocycles. The van der Waals surface area contributed by atoms with Crippen LogP contribution in [0, 0.1) is 0 Å². The second-order valence-electron chi connectivity index (χ2n) is 17.4. The van der Waals surface area contributed by atoms with Crippen molar-refractivity contribution in [3.8, 4) is 0 Å². The number of hydrogen-bond donors (Lipinski definition) is 0. The molecular formula is C60H98O6. The van der Waals surface area contributed by atoms with Gasteiger partial charge >= 0.3 is 17.9 Å². The molecule has 0 aliphatic heterocycles. The summed E-state index contributed by atoms with van der Waals surface area (Å²) in [6, 6.07) is 0. The molecule has 0 radical (unpaired) electrons. The van der Waals surface area contributed by atoms with E-state index in [1.54, 1.807) is 0 Å². The maximum absolute atomic E-state index is 12.8. The van der Waals surface area contributed by atoms with Crippen molar-refractivity contribution in [3.05, 3.63) is 109 Å². The molecule has 6 heteroatoms. The van der Waals surface area contributed by atoms with E-state index >= 15 is 0 Å². The van der Waals surface area contributed by atoms with E-state index < -0.39 is 6.10 Å². The Labute approximate surface area is 406 Å². The first-order valence-corrected chi connectivity index (χ1v) is 26.9. The first-order chi connectivity index (χ1) is 32.5. The maximum atomic E-state index is 12.8. The van der Waals surface area contributed by atoms with Gasteiger partial charge in [0, 0.05) is 19.3 Å². The lowest BCUT2D eigenvalue weighted by atomic mass is 10.1. The van der Waals surface area contributed by atoms with Crippen LogP contribution in [-0.2, 0) is 28.6 Å². The van der Waals surface area contributed by atoms with Crippen LogP contribution in [0.25, 0.3) is 0 Å². The summed E-state index contributed by atoms with van der Waals surface area (Å²) in [6.07, 6.45) is 72.1. The van der Waals surface area contributed by atoms with E-state index in [4.69, 9.17) is 14.2 Å². The number of hydrogen-bond acceptors (Lipinski definition) is 6. The Morgan fingerprint density at radius 2 is 0.591 bits per heavy atom. The summed E-state index contributed by atoms with van der Waals surface area (Å²) in [4.78, 5) is 38.0. The van der Waals surface area contributed by atoms with Gasteiger partial charge in [-0.1, -0.05) is 220 Å². The highest BCUT2D eigenvalue weighted by Crippen LogP contribution is 2.14. The van der Waals surface area contributed by atoms with E-state index in [0.717, 1.165) is 148 Å². The molecule has 0 rings (SSSR count). The first kappa shape index (κ1) is 62.1. The third-order valence-electron chi connectivity index (χ3n) is 11.0. The Morgan fingerprint density at radius 1 is 0.318 bits per heavy atom. The van der Waals surface area contributed by atoms with E-state index in [1.165, 1.54) is 44.9 Å². The predicted molar refractivity (Wildman–Crippen MR) is 283 cm³/mol. The van der Waals surface area contributed by atoms with Gasteiger partial charge in [-0.3, -0.25) is 14.4 Å². The minimum Gasteiger partial charge on any atom is -0.462 e. The summed E-state index contributed by atoms with van der Waals surface area (Å²) >= 11 is 0. The first-order valence-electron chi connectivity index (χ1n) is 26.9. The van der Waals surface area contributed by atoms with Gasteiger partial charge in [-0.15, -0.1) is 0 Å². The molecule has 6 nitrogen and oxygen atoms in total. The summed E-state index contributed by atoms with van der Waals surface area (Å²) in [5, 5.41) is 0. The summed E-state index contributed by atoms with van der Waals surface area (Å²) < 4.78 is 16.8. The fraction of sp³-hybridized carbons (Fsp3) is 0.650. The highest BCUT2D eigenvalue weighted by molar-refractivity contribution is 5.71. The van der Waals surface area contributed by atoms with Crippen LogP contribution in [0.2, 0.25) is 0 Å². The molecule has 0 aliphatic carbocycles. The highest BCUT2D eigenvalue weighted by atomic mass is 16.6. The van der Waals surface area contributed by atoms with Crippen molar-refractivity contribution in [2.45, 2.75) is 239 Å². The molecule has 1 atom stereocenters. The molecule has 0 amide bonds. The monoisotopic (exact) mass is 915 g/mol. The lowest BCUT2D eigenvalue weighted by molar-refractivity contribution is -0.167. The Balaban J connectivity index is 4.42. The summed E-state index contributed by atoms with van der Waals surface area (Å²) in [5.74, 6) is -0.943. The topological polar surface area (TPSA) is 78.9 Å². The quantitative estimate of drug-likeness (QED) is 0.0262. The molecule has 0 fully saturated rings. The zero-order chi connectivity index (χ0) is 47.9. The molecular weight excluding hydrogens is 817 g/mol. The summed E-state index contributed by atoms with van der Waals surface area (Å²) in [7, 11) is 0. The van der Waals surface area contributed by atoms with Gasteiger partial charge in [0.15, 0.2) is 6.10 Å². The van der Waals surface area contributed by atoms with Gasteiger partial charge in [-0.2, -0.15) is 0 Å². The molecule has 0 saturated carbocycles. The van der Waals surface area contributed by atoms with E-state index in [0.29, 0.717) is 19.3 Å². The van der Waals surface area contributed by atoms with Crippen molar-refractivity contribution < 1.29 is 28.6 Å². The normalized spacial score (nSPS) is 13.0. The third kappa shape index (κ3) is 51.1. The molecule has 0 aromatic rings. The van der Waals surface area contributed by atoms with Gasteiger partial charge in [-0.05, 0) is 103 Å². The van der Waals surface area contributed by atoms with Gasteiger partial charge < -0.3 is 14.2 Å². The number of esters is 3. The highest BCUT2D eigenvalue weighted by Gasteiger charge is 2.19. The summed E-state index contributed by atoms with van der Waals surface area (Å²) in [5.41, 5.74) is 0. The Bertz CT molecular complexity index is 1370. The van der Waals surface area contributed by atoms with Crippen molar-refractivity contribution >= 4 is 17.9 Å².